The van der Waals surface area contributed by atoms with Gasteiger partial charge in [-0.05, 0) is 43.5 Å². The molecule has 1 aliphatic heterocycles. The van der Waals surface area contributed by atoms with E-state index < -0.39 is 0 Å². The van der Waals surface area contributed by atoms with Crippen LogP contribution in [-0.4, -0.2) is 46.0 Å². The number of carbonyl (C=O) groups excluding carboxylic acids is 1. The molecule has 3 aromatic rings. The normalized spacial score (nSPS) is 17.7. The molecule has 3 N–H and O–H groups in total. The fourth-order valence-corrected chi connectivity index (χ4v) is 4.42. The summed E-state index contributed by atoms with van der Waals surface area (Å²) in [6, 6.07) is 6.87. The summed E-state index contributed by atoms with van der Waals surface area (Å²) in [7, 11) is 0. The molecule has 2 atom stereocenters. The molecule has 1 aliphatic rings. The smallest absolute Gasteiger partial charge is 0.242 e. The lowest BCUT2D eigenvalue weighted by molar-refractivity contribution is -0.122. The van der Waals surface area contributed by atoms with Gasteiger partial charge in [0.05, 0.1) is 5.39 Å². The number of hydrogen-bond acceptors (Lipinski definition) is 5. The van der Waals surface area contributed by atoms with Crippen molar-refractivity contribution < 1.29 is 4.79 Å². The predicted octanol–water partition coefficient (Wildman–Crippen LogP) is 4.24. The van der Waals surface area contributed by atoms with E-state index in [1.54, 1.807) is 24.5 Å². The second kappa shape index (κ2) is 9.10. The van der Waals surface area contributed by atoms with Gasteiger partial charge in [-0.3, -0.25) is 4.79 Å². The van der Waals surface area contributed by atoms with Gasteiger partial charge in [-0.1, -0.05) is 30.1 Å². The van der Waals surface area contributed by atoms with Gasteiger partial charge < -0.3 is 20.5 Å². The second-order valence-electron chi connectivity index (χ2n) is 7.49. The Balaban J connectivity index is 1.42. The standard InChI is InChI=1S/C21H24Cl2N6O/c1-2-18(27-16-9-13(22)8-14(23)10-16)21(30)28-15-4-3-7-29(11-15)20-17-5-6-24-19(17)25-12-26-20/h5-6,8-10,12,15,18,27H,2-4,7,11H2,1H3,(H,28,30)(H,24,25,26)/t15-,18-/m1/s1. The van der Waals surface area contributed by atoms with E-state index in [0.29, 0.717) is 23.0 Å². The minimum atomic E-state index is -0.370. The summed E-state index contributed by atoms with van der Waals surface area (Å²) in [4.78, 5) is 27.0. The molecule has 0 radical (unpaired) electrons. The number of rotatable bonds is 6. The molecule has 1 saturated heterocycles. The summed E-state index contributed by atoms with van der Waals surface area (Å²) in [5, 5.41) is 8.50. The third-order valence-electron chi connectivity index (χ3n) is 5.33. The number of amides is 1. The van der Waals surface area contributed by atoms with Crippen LogP contribution in [0.25, 0.3) is 11.0 Å². The minimum absolute atomic E-state index is 0.0325. The average molecular weight is 447 g/mol. The van der Waals surface area contributed by atoms with E-state index in [-0.39, 0.29) is 18.0 Å². The molecule has 0 spiro atoms. The number of aromatic nitrogens is 3. The molecule has 30 heavy (non-hydrogen) atoms. The molecule has 1 amide bonds. The van der Waals surface area contributed by atoms with Crippen LogP contribution in [0.1, 0.15) is 26.2 Å². The maximum absolute atomic E-state index is 12.9. The number of halogens is 2. The van der Waals surface area contributed by atoms with Crippen LogP contribution >= 0.6 is 23.2 Å². The zero-order chi connectivity index (χ0) is 21.1. The summed E-state index contributed by atoms with van der Waals surface area (Å²) in [6.45, 7) is 3.59. The Kier molecular flexibility index (Phi) is 6.29. The summed E-state index contributed by atoms with van der Waals surface area (Å²) in [5.74, 6) is 0.869. The highest BCUT2D eigenvalue weighted by molar-refractivity contribution is 6.35. The molecule has 0 unspecified atom stereocenters. The van der Waals surface area contributed by atoms with Crippen molar-refractivity contribution in [3.8, 4) is 0 Å². The number of aromatic amines is 1. The molecule has 1 fully saturated rings. The molecule has 0 bridgehead atoms. The highest BCUT2D eigenvalue weighted by Crippen LogP contribution is 2.26. The highest BCUT2D eigenvalue weighted by atomic mass is 35.5. The Morgan fingerprint density at radius 2 is 2.10 bits per heavy atom. The van der Waals surface area contributed by atoms with E-state index in [9.17, 15) is 4.79 Å². The Morgan fingerprint density at radius 1 is 1.30 bits per heavy atom. The quantitative estimate of drug-likeness (QED) is 0.526. The number of anilines is 2. The number of carbonyl (C=O) groups is 1. The van der Waals surface area contributed by atoms with Crippen LogP contribution in [0, 0.1) is 0 Å². The van der Waals surface area contributed by atoms with Gasteiger partial charge >= 0.3 is 0 Å². The van der Waals surface area contributed by atoms with Crippen LogP contribution in [0.3, 0.4) is 0 Å². The van der Waals surface area contributed by atoms with Crippen LogP contribution in [0.4, 0.5) is 11.5 Å². The van der Waals surface area contributed by atoms with E-state index in [4.69, 9.17) is 23.2 Å². The fraction of sp³-hybridized carbons (Fsp3) is 0.381. The van der Waals surface area contributed by atoms with E-state index in [1.165, 1.54) is 0 Å². The third-order valence-corrected chi connectivity index (χ3v) is 5.76. The minimum Gasteiger partial charge on any atom is -0.374 e. The Morgan fingerprint density at radius 3 is 2.87 bits per heavy atom. The van der Waals surface area contributed by atoms with Crippen molar-refractivity contribution in [1.82, 2.24) is 20.3 Å². The molecule has 1 aromatic carbocycles. The Hall–Kier alpha value is -2.51. The van der Waals surface area contributed by atoms with Gasteiger partial charge in [0.25, 0.3) is 0 Å². The SMILES string of the molecule is CC[C@@H](Nc1cc(Cl)cc(Cl)c1)C(=O)N[C@@H]1CCCN(c2ncnc3[nH]ccc23)C1. The number of nitrogens with one attached hydrogen (secondary N) is 3. The lowest BCUT2D eigenvalue weighted by atomic mass is 10.0. The molecular formula is C21H24Cl2N6O. The van der Waals surface area contributed by atoms with Crippen LogP contribution in [0.2, 0.25) is 10.0 Å². The largest absolute Gasteiger partial charge is 0.374 e. The maximum atomic E-state index is 12.9. The fourth-order valence-electron chi connectivity index (χ4n) is 3.89. The summed E-state index contributed by atoms with van der Waals surface area (Å²) in [6.07, 6.45) is 6.00. The van der Waals surface area contributed by atoms with Crippen molar-refractivity contribution in [2.45, 2.75) is 38.3 Å². The van der Waals surface area contributed by atoms with Crippen molar-refractivity contribution in [2.24, 2.45) is 0 Å². The zero-order valence-electron chi connectivity index (χ0n) is 16.7. The Bertz CT molecular complexity index is 1020. The number of H-pyrrole nitrogens is 1. The first kappa shape index (κ1) is 20.8. The third kappa shape index (κ3) is 4.63. The van der Waals surface area contributed by atoms with Crippen LogP contribution in [-0.2, 0) is 4.79 Å². The van der Waals surface area contributed by atoms with E-state index >= 15 is 0 Å². The van der Waals surface area contributed by atoms with E-state index in [2.05, 4.69) is 30.5 Å². The molecule has 0 aliphatic carbocycles. The van der Waals surface area contributed by atoms with E-state index in [0.717, 1.165) is 41.9 Å². The monoisotopic (exact) mass is 446 g/mol. The molecule has 9 heteroatoms. The summed E-state index contributed by atoms with van der Waals surface area (Å²) in [5.41, 5.74) is 1.55. The molecule has 7 nitrogen and oxygen atoms in total. The van der Waals surface area contributed by atoms with Crippen LogP contribution < -0.4 is 15.5 Å². The van der Waals surface area contributed by atoms with Gasteiger partial charge in [-0.2, -0.15) is 0 Å². The average Bonchev–Trinajstić information content (AvgIpc) is 3.20. The lowest BCUT2D eigenvalue weighted by Crippen LogP contribution is -2.51. The van der Waals surface area contributed by atoms with Crippen molar-refractivity contribution in [3.63, 3.8) is 0 Å². The number of benzene rings is 1. The maximum Gasteiger partial charge on any atom is 0.242 e. The topological polar surface area (TPSA) is 85.9 Å². The van der Waals surface area contributed by atoms with Gasteiger partial charge in [0.1, 0.15) is 23.8 Å². The number of hydrogen-bond donors (Lipinski definition) is 3. The molecule has 3 heterocycles. The molecule has 158 valence electrons. The number of piperidine rings is 1. The molecule has 2 aromatic heterocycles. The lowest BCUT2D eigenvalue weighted by Gasteiger charge is -2.35. The molecular weight excluding hydrogens is 423 g/mol. The van der Waals surface area contributed by atoms with Crippen molar-refractivity contribution >= 4 is 51.6 Å². The first-order valence-corrected chi connectivity index (χ1v) is 10.8. The summed E-state index contributed by atoms with van der Waals surface area (Å²) >= 11 is 12.2. The highest BCUT2D eigenvalue weighted by Gasteiger charge is 2.26. The molecule has 4 rings (SSSR count). The van der Waals surface area contributed by atoms with Gasteiger partial charge in [-0.25, -0.2) is 9.97 Å². The van der Waals surface area contributed by atoms with Crippen LogP contribution in [0.15, 0.2) is 36.8 Å². The Labute approximate surface area is 185 Å². The van der Waals surface area contributed by atoms with E-state index in [1.807, 2.05) is 19.2 Å². The van der Waals surface area contributed by atoms with Crippen molar-refractivity contribution in [2.75, 3.05) is 23.3 Å². The second-order valence-corrected chi connectivity index (χ2v) is 8.37. The van der Waals surface area contributed by atoms with Gasteiger partial charge in [-0.15, -0.1) is 0 Å². The first-order valence-electron chi connectivity index (χ1n) is 10.1. The number of nitrogens with zero attached hydrogens (tertiary/aromatic N) is 3. The molecule has 0 saturated carbocycles. The van der Waals surface area contributed by atoms with Gasteiger partial charge in [0.15, 0.2) is 0 Å². The van der Waals surface area contributed by atoms with Gasteiger partial charge in [0, 0.05) is 41.1 Å². The zero-order valence-corrected chi connectivity index (χ0v) is 18.2. The summed E-state index contributed by atoms with van der Waals surface area (Å²) < 4.78 is 0. The van der Waals surface area contributed by atoms with Crippen LogP contribution in [0.5, 0.6) is 0 Å². The van der Waals surface area contributed by atoms with Crippen molar-refractivity contribution in [1.29, 1.82) is 0 Å². The predicted molar refractivity (Wildman–Crippen MR) is 121 cm³/mol. The van der Waals surface area contributed by atoms with Gasteiger partial charge in [0.2, 0.25) is 5.91 Å². The number of fused-ring (bicyclic) bond motifs is 1. The first-order chi connectivity index (χ1) is 14.5. The van der Waals surface area contributed by atoms with Crippen molar-refractivity contribution in [3.05, 3.63) is 46.8 Å².